The van der Waals surface area contributed by atoms with Crippen LogP contribution in [0.5, 0.6) is 0 Å². The Hall–Kier alpha value is -2.48. The zero-order valence-electron chi connectivity index (χ0n) is 20.6. The highest BCUT2D eigenvalue weighted by molar-refractivity contribution is 6.74. The highest BCUT2D eigenvalue weighted by Gasteiger charge is 2.72. The van der Waals surface area contributed by atoms with E-state index in [9.17, 15) is 22.8 Å². The van der Waals surface area contributed by atoms with Crippen LogP contribution < -0.4 is 4.90 Å². The van der Waals surface area contributed by atoms with Crippen LogP contribution in [0.1, 0.15) is 39.7 Å². The molecule has 2 unspecified atom stereocenters. The molecular formula is C25H29F3N2O4Si. The molecular weight excluding hydrogens is 477 g/mol. The summed E-state index contributed by atoms with van der Waals surface area (Å²) in [4.78, 5) is 30.8. The second kappa shape index (κ2) is 7.76. The maximum atomic E-state index is 13.6. The quantitative estimate of drug-likeness (QED) is 0.217. The van der Waals surface area contributed by atoms with Crippen molar-refractivity contribution in [1.29, 1.82) is 0 Å². The molecule has 3 aliphatic rings. The number of ether oxygens (including phenoxy) is 1. The first kappa shape index (κ1) is 25.6. The van der Waals surface area contributed by atoms with Gasteiger partial charge in [-0.25, -0.2) is 9.74 Å². The third-order valence-corrected chi connectivity index (χ3v) is 12.5. The van der Waals surface area contributed by atoms with Gasteiger partial charge in [-0.05, 0) is 37.2 Å². The number of hydrogen-bond donors (Lipinski definition) is 0. The van der Waals surface area contributed by atoms with Gasteiger partial charge in [0.05, 0.1) is 29.6 Å². The first-order chi connectivity index (χ1) is 16.0. The van der Waals surface area contributed by atoms with E-state index in [-0.39, 0.29) is 10.7 Å². The third kappa shape index (κ3) is 3.84. The van der Waals surface area contributed by atoms with E-state index in [1.165, 1.54) is 6.07 Å². The van der Waals surface area contributed by atoms with E-state index in [0.717, 1.165) is 11.0 Å². The number of fused-ring (bicyclic) bond motifs is 5. The number of benzene rings is 1. The highest BCUT2D eigenvalue weighted by Crippen LogP contribution is 2.59. The molecule has 2 saturated heterocycles. The van der Waals surface area contributed by atoms with E-state index in [1.54, 1.807) is 19.1 Å². The summed E-state index contributed by atoms with van der Waals surface area (Å²) >= 11 is 0. The summed E-state index contributed by atoms with van der Waals surface area (Å²) in [5.74, 6) is -2.89. The number of amides is 2. The number of halogens is 3. The Morgan fingerprint density at radius 3 is 2.34 bits per heavy atom. The van der Waals surface area contributed by atoms with Crippen LogP contribution in [0.2, 0.25) is 18.1 Å². The summed E-state index contributed by atoms with van der Waals surface area (Å²) in [6.45, 7) is 19.7. The molecule has 0 spiro atoms. The standard InChI is InChI=1S/C25H29F3N2O4Si/c1-22(2,3)35(6,7)33-13-12-24-11-10-23(4,34-24)18-19(24)21(32)30(20(18)31)15-8-9-17(29-5)16(14-15)25(26,27)28/h8-11,14,18-19H,12-13H2,1-4,6-7H3/t18-,19+,23?,24?/m1/s1. The van der Waals surface area contributed by atoms with E-state index in [4.69, 9.17) is 15.7 Å². The average Bonchev–Trinajstić information content (AvgIpc) is 3.30. The molecule has 0 saturated carbocycles. The summed E-state index contributed by atoms with van der Waals surface area (Å²) in [6.07, 6.45) is -0.862. The van der Waals surface area contributed by atoms with Gasteiger partial charge in [-0.15, -0.1) is 0 Å². The lowest BCUT2D eigenvalue weighted by Gasteiger charge is -2.37. The van der Waals surface area contributed by atoms with Crippen molar-refractivity contribution in [2.75, 3.05) is 11.5 Å². The molecule has 0 radical (unpaired) electrons. The molecule has 1 aromatic carbocycles. The Balaban J connectivity index is 1.65. The fourth-order valence-corrected chi connectivity index (χ4v) is 6.12. The van der Waals surface area contributed by atoms with Crippen molar-refractivity contribution >= 4 is 31.5 Å². The second-order valence-electron chi connectivity index (χ2n) is 11.2. The van der Waals surface area contributed by atoms with E-state index < -0.39 is 60.6 Å². The van der Waals surface area contributed by atoms with Gasteiger partial charge in [0.15, 0.2) is 14.0 Å². The Kier molecular flexibility index (Phi) is 5.67. The zero-order chi connectivity index (χ0) is 26.2. The number of anilines is 1. The number of nitrogens with zero attached hydrogens (tertiary/aromatic N) is 2. The van der Waals surface area contributed by atoms with Gasteiger partial charge in [-0.2, -0.15) is 13.2 Å². The summed E-state index contributed by atoms with van der Waals surface area (Å²) in [7, 11) is -2.06. The Bertz CT molecular complexity index is 1170. The average molecular weight is 507 g/mol. The van der Waals surface area contributed by atoms with Crippen LogP contribution in [0.4, 0.5) is 24.5 Å². The minimum atomic E-state index is -4.80. The van der Waals surface area contributed by atoms with Crippen LogP contribution in [0.15, 0.2) is 30.4 Å². The molecule has 2 bridgehead atoms. The lowest BCUT2D eigenvalue weighted by Crippen LogP contribution is -2.44. The Morgan fingerprint density at radius 1 is 1.14 bits per heavy atom. The molecule has 0 N–H and O–H groups in total. The molecule has 6 nitrogen and oxygen atoms in total. The fourth-order valence-electron chi connectivity index (χ4n) is 5.07. The van der Waals surface area contributed by atoms with Crippen LogP contribution in [-0.4, -0.2) is 37.9 Å². The fraction of sp³-hybridized carbons (Fsp3) is 0.560. The van der Waals surface area contributed by atoms with Gasteiger partial charge < -0.3 is 9.16 Å². The van der Waals surface area contributed by atoms with Crippen molar-refractivity contribution in [2.24, 2.45) is 11.8 Å². The number of carbonyl (C=O) groups is 2. The van der Waals surface area contributed by atoms with Crippen molar-refractivity contribution in [2.45, 2.75) is 69.6 Å². The predicted octanol–water partition coefficient (Wildman–Crippen LogP) is 5.87. The van der Waals surface area contributed by atoms with Crippen LogP contribution >= 0.6 is 0 Å². The summed E-state index contributed by atoms with van der Waals surface area (Å²) in [5, 5.41) is -0.00655. The van der Waals surface area contributed by atoms with E-state index in [1.807, 2.05) is 0 Å². The van der Waals surface area contributed by atoms with Gasteiger partial charge in [0.25, 0.3) is 0 Å². The number of carbonyl (C=O) groups excluding carboxylic acids is 2. The lowest BCUT2D eigenvalue weighted by atomic mass is 9.71. The van der Waals surface area contributed by atoms with Gasteiger partial charge in [0.2, 0.25) is 11.8 Å². The number of imide groups is 1. The molecule has 2 amide bonds. The third-order valence-electron chi connectivity index (χ3n) is 7.98. The van der Waals surface area contributed by atoms with E-state index >= 15 is 0 Å². The number of rotatable bonds is 5. The molecule has 0 aromatic heterocycles. The molecule has 4 rings (SSSR count). The van der Waals surface area contributed by atoms with Crippen molar-refractivity contribution in [3.8, 4) is 0 Å². The maximum Gasteiger partial charge on any atom is 0.407 e. The molecule has 188 valence electrons. The Morgan fingerprint density at radius 2 is 1.77 bits per heavy atom. The van der Waals surface area contributed by atoms with Crippen LogP contribution in [0.25, 0.3) is 4.85 Å². The highest BCUT2D eigenvalue weighted by atomic mass is 28.4. The summed E-state index contributed by atoms with van der Waals surface area (Å²) in [6, 6.07) is 2.91. The monoisotopic (exact) mass is 506 g/mol. The SMILES string of the molecule is [C-]#[N+]c1ccc(N2C(=O)[C@@H]3[C@H](C2=O)C2(C)C=CC3(CCO[Si](C)(C)C(C)(C)C)O2)cc1C(F)(F)F. The van der Waals surface area contributed by atoms with E-state index in [0.29, 0.717) is 19.1 Å². The summed E-state index contributed by atoms with van der Waals surface area (Å²) in [5.41, 5.74) is -4.05. The van der Waals surface area contributed by atoms with Crippen molar-refractivity contribution in [3.63, 3.8) is 0 Å². The maximum absolute atomic E-state index is 13.6. The molecule has 0 aliphatic carbocycles. The summed E-state index contributed by atoms with van der Waals surface area (Å²) < 4.78 is 53.2. The second-order valence-corrected chi connectivity index (χ2v) is 16.0. The van der Waals surface area contributed by atoms with Crippen LogP contribution in [0, 0.1) is 18.4 Å². The van der Waals surface area contributed by atoms with Gasteiger partial charge in [0, 0.05) is 18.7 Å². The van der Waals surface area contributed by atoms with Gasteiger partial charge in [0.1, 0.15) is 5.60 Å². The molecule has 2 fully saturated rings. The van der Waals surface area contributed by atoms with Crippen molar-refractivity contribution in [1.82, 2.24) is 0 Å². The molecule has 35 heavy (non-hydrogen) atoms. The van der Waals surface area contributed by atoms with E-state index in [2.05, 4.69) is 38.7 Å². The first-order valence-corrected chi connectivity index (χ1v) is 14.4. The topological polar surface area (TPSA) is 60.2 Å². The molecule has 3 heterocycles. The Labute approximate surface area is 204 Å². The molecule has 4 atom stereocenters. The van der Waals surface area contributed by atoms with Crippen molar-refractivity contribution < 1.29 is 31.9 Å². The van der Waals surface area contributed by atoms with Gasteiger partial charge in [-0.1, -0.05) is 39.0 Å². The molecule has 10 heteroatoms. The predicted molar refractivity (Wildman–Crippen MR) is 126 cm³/mol. The first-order valence-electron chi connectivity index (χ1n) is 11.5. The largest absolute Gasteiger partial charge is 0.417 e. The van der Waals surface area contributed by atoms with Gasteiger partial charge >= 0.3 is 6.18 Å². The van der Waals surface area contributed by atoms with Crippen LogP contribution in [0.3, 0.4) is 0 Å². The number of alkyl halides is 3. The minimum Gasteiger partial charge on any atom is -0.417 e. The molecule has 1 aromatic rings. The lowest BCUT2D eigenvalue weighted by molar-refractivity contribution is -0.137. The van der Waals surface area contributed by atoms with Crippen molar-refractivity contribution in [3.05, 3.63) is 47.3 Å². The van der Waals surface area contributed by atoms with Crippen LogP contribution in [-0.2, 0) is 24.9 Å². The zero-order valence-corrected chi connectivity index (χ0v) is 21.6. The normalized spacial score (nSPS) is 30.2. The number of hydrogen-bond acceptors (Lipinski definition) is 4. The minimum absolute atomic E-state index is 0.00655. The molecule has 3 aliphatic heterocycles. The van der Waals surface area contributed by atoms with Gasteiger partial charge in [-0.3, -0.25) is 9.59 Å². The smallest absolute Gasteiger partial charge is 0.407 e.